The summed E-state index contributed by atoms with van der Waals surface area (Å²) in [6, 6.07) is 4.49. The highest BCUT2D eigenvalue weighted by molar-refractivity contribution is 6.32. The number of ether oxygens (including phenoxy) is 1. The van der Waals surface area contributed by atoms with Gasteiger partial charge in [0, 0.05) is 5.56 Å². The van der Waals surface area contributed by atoms with Crippen molar-refractivity contribution >= 4 is 17.4 Å². The van der Waals surface area contributed by atoms with Crippen molar-refractivity contribution in [1.29, 1.82) is 0 Å². The molecule has 1 aromatic rings. The predicted octanol–water partition coefficient (Wildman–Crippen LogP) is 2.90. The number of rotatable bonds is 5. The lowest BCUT2D eigenvalue weighted by Crippen LogP contribution is -2.31. The summed E-state index contributed by atoms with van der Waals surface area (Å²) >= 11 is 5.97. The molecule has 0 aliphatic carbocycles. The third kappa shape index (κ3) is 3.72. The molecule has 0 spiro atoms. The van der Waals surface area contributed by atoms with E-state index < -0.39 is 6.04 Å². The quantitative estimate of drug-likeness (QED) is 0.823. The van der Waals surface area contributed by atoms with Crippen LogP contribution in [0, 0.1) is 5.92 Å². The first-order valence-corrected chi connectivity index (χ1v) is 5.96. The van der Waals surface area contributed by atoms with E-state index >= 15 is 0 Å². The van der Waals surface area contributed by atoms with Gasteiger partial charge in [0.1, 0.15) is 5.75 Å². The van der Waals surface area contributed by atoms with Crippen LogP contribution >= 0.6 is 11.6 Å². The third-order valence-electron chi connectivity index (χ3n) is 2.50. The van der Waals surface area contributed by atoms with Gasteiger partial charge in [-0.15, -0.1) is 0 Å². The zero-order valence-electron chi connectivity index (χ0n) is 10.4. The Morgan fingerprint density at radius 1 is 1.47 bits per heavy atom. The molecular formula is C13H18ClNO2. The molecule has 1 unspecified atom stereocenters. The second-order valence-electron chi connectivity index (χ2n) is 4.45. The zero-order chi connectivity index (χ0) is 13.0. The number of ketones is 1. The molecule has 0 aromatic heterocycles. The highest BCUT2D eigenvalue weighted by atomic mass is 35.5. The van der Waals surface area contributed by atoms with E-state index in [-0.39, 0.29) is 5.78 Å². The molecule has 0 saturated heterocycles. The molecule has 0 radical (unpaired) electrons. The fourth-order valence-corrected chi connectivity index (χ4v) is 1.91. The van der Waals surface area contributed by atoms with Crippen LogP contribution in [0.4, 0.5) is 0 Å². The van der Waals surface area contributed by atoms with Crippen molar-refractivity contribution in [3.8, 4) is 5.75 Å². The van der Waals surface area contributed by atoms with E-state index in [4.69, 9.17) is 22.1 Å². The van der Waals surface area contributed by atoms with Crippen molar-refractivity contribution in [1.82, 2.24) is 0 Å². The van der Waals surface area contributed by atoms with E-state index in [1.54, 1.807) is 18.2 Å². The normalized spacial score (nSPS) is 12.6. The molecule has 1 atom stereocenters. The molecule has 2 N–H and O–H groups in total. The molecule has 0 amide bonds. The van der Waals surface area contributed by atoms with Crippen molar-refractivity contribution in [3.05, 3.63) is 28.8 Å². The summed E-state index contributed by atoms with van der Waals surface area (Å²) < 4.78 is 5.03. The minimum atomic E-state index is -0.473. The Balaban J connectivity index is 2.86. The van der Waals surface area contributed by atoms with Crippen LogP contribution in [0.25, 0.3) is 0 Å². The van der Waals surface area contributed by atoms with Crippen LogP contribution in [0.5, 0.6) is 5.75 Å². The minimum Gasteiger partial charge on any atom is -0.495 e. The maximum atomic E-state index is 12.0. The fraction of sp³-hybridized carbons (Fsp3) is 0.462. The van der Waals surface area contributed by atoms with Crippen LogP contribution in [-0.2, 0) is 0 Å². The van der Waals surface area contributed by atoms with Gasteiger partial charge in [0.15, 0.2) is 5.78 Å². The van der Waals surface area contributed by atoms with Crippen molar-refractivity contribution in [2.24, 2.45) is 11.7 Å². The lowest BCUT2D eigenvalue weighted by Gasteiger charge is -2.13. The second kappa shape index (κ2) is 6.03. The van der Waals surface area contributed by atoms with E-state index in [0.29, 0.717) is 28.7 Å². The maximum Gasteiger partial charge on any atom is 0.179 e. The van der Waals surface area contributed by atoms with E-state index in [2.05, 4.69) is 0 Å². The molecule has 1 aromatic carbocycles. The van der Waals surface area contributed by atoms with E-state index in [1.807, 2.05) is 13.8 Å². The molecule has 0 fully saturated rings. The molecule has 0 aliphatic heterocycles. The molecule has 3 nitrogen and oxygen atoms in total. The fourth-order valence-electron chi connectivity index (χ4n) is 1.65. The maximum absolute atomic E-state index is 12.0. The van der Waals surface area contributed by atoms with Crippen molar-refractivity contribution in [3.63, 3.8) is 0 Å². The smallest absolute Gasteiger partial charge is 0.179 e. The zero-order valence-corrected chi connectivity index (χ0v) is 11.1. The lowest BCUT2D eigenvalue weighted by molar-refractivity contribution is 0.0951. The summed E-state index contributed by atoms with van der Waals surface area (Å²) in [6.07, 6.45) is 0.669. The van der Waals surface area contributed by atoms with Gasteiger partial charge in [-0.1, -0.05) is 25.4 Å². The second-order valence-corrected chi connectivity index (χ2v) is 4.86. The first-order valence-electron chi connectivity index (χ1n) is 5.59. The van der Waals surface area contributed by atoms with Gasteiger partial charge in [-0.3, -0.25) is 4.79 Å². The lowest BCUT2D eigenvalue weighted by atomic mass is 9.97. The van der Waals surface area contributed by atoms with Crippen LogP contribution in [-0.4, -0.2) is 18.9 Å². The standard InChI is InChI=1S/C13H18ClNO2/c1-8(2)6-11(15)13(16)9-4-5-12(17-3)10(14)7-9/h4-5,7-8,11H,6,15H2,1-3H3. The number of nitrogens with two attached hydrogens (primary N) is 1. The third-order valence-corrected chi connectivity index (χ3v) is 2.79. The Hall–Kier alpha value is -1.06. The first kappa shape index (κ1) is 14.0. The Morgan fingerprint density at radius 2 is 2.12 bits per heavy atom. The van der Waals surface area contributed by atoms with Gasteiger partial charge in [0.25, 0.3) is 0 Å². The molecule has 4 heteroatoms. The predicted molar refractivity (Wildman–Crippen MR) is 69.8 cm³/mol. The van der Waals surface area contributed by atoms with Gasteiger partial charge in [-0.25, -0.2) is 0 Å². The molecule has 17 heavy (non-hydrogen) atoms. The average Bonchev–Trinajstić information content (AvgIpc) is 2.27. The summed E-state index contributed by atoms with van der Waals surface area (Å²) in [6.45, 7) is 4.07. The number of carbonyl (C=O) groups excluding carboxylic acids is 1. The number of hydrogen-bond acceptors (Lipinski definition) is 3. The number of carbonyl (C=O) groups is 1. The molecule has 0 aliphatic rings. The number of methoxy groups -OCH3 is 1. The van der Waals surface area contributed by atoms with Crippen molar-refractivity contribution in [2.45, 2.75) is 26.3 Å². The summed E-state index contributed by atoms with van der Waals surface area (Å²) in [5.41, 5.74) is 6.38. The summed E-state index contributed by atoms with van der Waals surface area (Å²) in [4.78, 5) is 12.0. The topological polar surface area (TPSA) is 52.3 Å². The molecule has 0 saturated carbocycles. The monoisotopic (exact) mass is 255 g/mol. The number of benzene rings is 1. The first-order chi connectivity index (χ1) is 7.95. The van der Waals surface area contributed by atoms with Crippen molar-refractivity contribution < 1.29 is 9.53 Å². The Kier molecular flexibility index (Phi) is 4.97. The van der Waals surface area contributed by atoms with Crippen LogP contribution in [0.1, 0.15) is 30.6 Å². The number of hydrogen-bond donors (Lipinski definition) is 1. The Bertz CT molecular complexity index is 404. The average molecular weight is 256 g/mol. The van der Waals surface area contributed by atoms with E-state index in [0.717, 1.165) is 0 Å². The SMILES string of the molecule is COc1ccc(C(=O)C(N)CC(C)C)cc1Cl. The van der Waals surface area contributed by atoms with Gasteiger partial charge < -0.3 is 10.5 Å². The molecule has 0 bridgehead atoms. The van der Waals surface area contributed by atoms with Crippen LogP contribution in [0.2, 0.25) is 5.02 Å². The molecule has 94 valence electrons. The summed E-state index contributed by atoms with van der Waals surface area (Å²) in [5.74, 6) is 0.867. The van der Waals surface area contributed by atoms with Crippen LogP contribution < -0.4 is 10.5 Å². The summed E-state index contributed by atoms with van der Waals surface area (Å²) in [7, 11) is 1.53. The van der Waals surface area contributed by atoms with E-state index in [1.165, 1.54) is 7.11 Å². The van der Waals surface area contributed by atoms with Gasteiger partial charge in [-0.05, 0) is 30.5 Å². The number of Topliss-reactive ketones (excluding diaryl/α,β-unsaturated/α-hetero) is 1. The highest BCUT2D eigenvalue weighted by Crippen LogP contribution is 2.25. The van der Waals surface area contributed by atoms with Gasteiger partial charge in [0.2, 0.25) is 0 Å². The van der Waals surface area contributed by atoms with Gasteiger partial charge >= 0.3 is 0 Å². The van der Waals surface area contributed by atoms with Gasteiger partial charge in [-0.2, -0.15) is 0 Å². The molecule has 1 rings (SSSR count). The highest BCUT2D eigenvalue weighted by Gasteiger charge is 2.17. The van der Waals surface area contributed by atoms with Crippen molar-refractivity contribution in [2.75, 3.05) is 7.11 Å². The summed E-state index contributed by atoms with van der Waals surface area (Å²) in [5, 5.41) is 0.426. The van der Waals surface area contributed by atoms with Gasteiger partial charge in [0.05, 0.1) is 18.2 Å². The van der Waals surface area contributed by atoms with E-state index in [9.17, 15) is 4.79 Å². The Morgan fingerprint density at radius 3 is 2.59 bits per heavy atom. The Labute approximate surface area is 107 Å². The number of halogens is 1. The van der Waals surface area contributed by atoms with Crippen LogP contribution in [0.15, 0.2) is 18.2 Å². The largest absolute Gasteiger partial charge is 0.495 e. The minimum absolute atomic E-state index is 0.0803. The molecule has 0 heterocycles. The molecular weight excluding hydrogens is 238 g/mol. The van der Waals surface area contributed by atoms with Crippen LogP contribution in [0.3, 0.4) is 0 Å².